The van der Waals surface area contributed by atoms with Crippen molar-refractivity contribution in [2.75, 3.05) is 58.5 Å². The van der Waals surface area contributed by atoms with Gasteiger partial charge < -0.3 is 19.3 Å². The maximum Gasteiger partial charge on any atom is 0.211 e. The lowest BCUT2D eigenvalue weighted by Gasteiger charge is -2.59. The van der Waals surface area contributed by atoms with Gasteiger partial charge in [-0.25, -0.2) is 17.7 Å². The molecule has 0 aliphatic carbocycles. The van der Waals surface area contributed by atoms with E-state index in [1.807, 2.05) is 39.3 Å². The zero-order chi connectivity index (χ0) is 30.7. The van der Waals surface area contributed by atoms with Crippen LogP contribution in [0.15, 0.2) is 36.8 Å². The number of nitrogens with zero attached hydrogens (tertiary/aromatic N) is 6. The average molecular weight is 647 g/mol. The first-order valence-corrected chi connectivity index (χ1v) is 16.3. The number of hydrogen-bond acceptors (Lipinski definition) is 9. The maximum atomic E-state index is 11.9. The molecule has 1 atom stereocenters. The highest BCUT2D eigenvalue weighted by atomic mass is 35.5. The van der Waals surface area contributed by atoms with Crippen LogP contribution in [0, 0.1) is 5.41 Å². The van der Waals surface area contributed by atoms with Crippen LogP contribution in [0.5, 0.6) is 11.5 Å². The van der Waals surface area contributed by atoms with Crippen LogP contribution >= 0.6 is 23.2 Å². The summed E-state index contributed by atoms with van der Waals surface area (Å²) in [6.45, 7) is 5.24. The Morgan fingerprint density at radius 2 is 1.77 bits per heavy atom. The molecule has 43 heavy (non-hydrogen) atoms. The number of H-pyrrole nitrogens is 1. The van der Waals surface area contributed by atoms with Crippen LogP contribution in [0.2, 0.25) is 10.0 Å². The molecular weight excluding hydrogens is 613 g/mol. The van der Waals surface area contributed by atoms with Crippen LogP contribution < -0.4 is 14.4 Å². The Bertz CT molecular complexity index is 1780. The minimum atomic E-state index is -3.15. The quantitative estimate of drug-likeness (QED) is 0.278. The van der Waals surface area contributed by atoms with Crippen molar-refractivity contribution in [1.29, 1.82) is 0 Å². The van der Waals surface area contributed by atoms with Gasteiger partial charge >= 0.3 is 0 Å². The van der Waals surface area contributed by atoms with E-state index < -0.39 is 16.1 Å². The van der Waals surface area contributed by atoms with Crippen LogP contribution in [-0.4, -0.2) is 91.4 Å². The number of halogens is 2. The first kappa shape index (κ1) is 29.9. The zero-order valence-electron chi connectivity index (χ0n) is 24.6. The molecular formula is C29H33Cl2N7O4S. The summed E-state index contributed by atoms with van der Waals surface area (Å²) < 4.78 is 37.2. The highest BCUT2D eigenvalue weighted by molar-refractivity contribution is 7.88. The molecule has 1 N–H and O–H groups in total. The van der Waals surface area contributed by atoms with Crippen LogP contribution in [0.4, 0.5) is 5.82 Å². The summed E-state index contributed by atoms with van der Waals surface area (Å²) in [7, 11) is 2.48. The van der Waals surface area contributed by atoms with Gasteiger partial charge in [0, 0.05) is 84.9 Å². The molecule has 0 bridgehead atoms. The van der Waals surface area contributed by atoms with E-state index in [2.05, 4.69) is 31.0 Å². The summed E-state index contributed by atoms with van der Waals surface area (Å²) in [5.74, 6) is 1.96. The van der Waals surface area contributed by atoms with Gasteiger partial charge in [-0.2, -0.15) is 5.10 Å². The van der Waals surface area contributed by atoms with Crippen molar-refractivity contribution >= 4 is 49.9 Å². The van der Waals surface area contributed by atoms with Gasteiger partial charge in [0.2, 0.25) is 10.0 Å². The molecule has 1 spiro atoms. The number of rotatable bonds is 9. The van der Waals surface area contributed by atoms with E-state index in [1.165, 1.54) is 23.0 Å². The molecule has 0 radical (unpaired) electrons. The third-order valence-corrected chi connectivity index (χ3v) is 9.79. The number of aromatic nitrogens is 4. The monoisotopic (exact) mass is 645 g/mol. The van der Waals surface area contributed by atoms with Gasteiger partial charge in [0.15, 0.2) is 11.5 Å². The number of benzene rings is 1. The normalized spacial score (nSPS) is 17.3. The molecule has 1 aromatic carbocycles. The number of ether oxygens (including phenoxy) is 2. The molecule has 2 saturated heterocycles. The van der Waals surface area contributed by atoms with Crippen LogP contribution in [-0.2, 0) is 16.6 Å². The second-order valence-corrected chi connectivity index (χ2v) is 14.5. The maximum absolute atomic E-state index is 11.9. The van der Waals surface area contributed by atoms with Gasteiger partial charge in [-0.05, 0) is 33.2 Å². The zero-order valence-corrected chi connectivity index (χ0v) is 26.9. The number of fused-ring (bicyclic) bond motifs is 1. The van der Waals surface area contributed by atoms with Crippen molar-refractivity contribution in [1.82, 2.24) is 29.4 Å². The Balaban J connectivity index is 1.30. The number of pyridine rings is 2. The highest BCUT2D eigenvalue weighted by Gasteiger charge is 2.54. The molecule has 2 fully saturated rings. The number of sulfonamides is 1. The molecule has 14 heteroatoms. The molecule has 228 valence electrons. The average Bonchev–Trinajstić information content (AvgIpc) is 3.28. The van der Waals surface area contributed by atoms with Crippen molar-refractivity contribution in [3.05, 3.63) is 58.0 Å². The number of nitrogens with one attached hydrogen (secondary N) is 1. The second kappa shape index (κ2) is 11.1. The molecule has 0 amide bonds. The predicted octanol–water partition coefficient (Wildman–Crippen LogP) is 4.62. The lowest BCUT2D eigenvalue weighted by molar-refractivity contribution is 0.0393. The standard InChI is InChI=1S/C29H33Cl2N7O4S/c1-17(26-21(30)10-32-11-22(26)31)42-25-7-20-23(8-24(25)41-4)34-35-27(20)18-6-19(12-36(2)3)28(33-9-18)37-13-29(14-37)15-38(16-29)43(5,39)40/h6-11,17H,12-16H2,1-5H3,(H,34,35). The molecule has 3 aromatic heterocycles. The number of aromatic amines is 1. The van der Waals surface area contributed by atoms with E-state index in [4.69, 9.17) is 37.7 Å². The molecule has 2 aliphatic rings. The van der Waals surface area contributed by atoms with Crippen LogP contribution in [0.25, 0.3) is 22.2 Å². The molecule has 11 nitrogen and oxygen atoms in total. The number of anilines is 1. The lowest BCUT2D eigenvalue weighted by atomic mass is 9.74. The Labute approximate surface area is 260 Å². The lowest BCUT2D eigenvalue weighted by Crippen LogP contribution is -2.73. The first-order valence-electron chi connectivity index (χ1n) is 13.7. The van der Waals surface area contributed by atoms with E-state index in [9.17, 15) is 8.42 Å². The fraction of sp³-hybridized carbons (Fsp3) is 0.414. The smallest absolute Gasteiger partial charge is 0.211 e. The van der Waals surface area contributed by atoms with Gasteiger partial charge in [-0.1, -0.05) is 23.2 Å². The van der Waals surface area contributed by atoms with Crippen LogP contribution in [0.1, 0.15) is 24.2 Å². The van der Waals surface area contributed by atoms with Crippen molar-refractivity contribution in [3.63, 3.8) is 0 Å². The summed E-state index contributed by atoms with van der Waals surface area (Å²) in [6.07, 6.45) is 5.70. The summed E-state index contributed by atoms with van der Waals surface area (Å²) >= 11 is 12.8. The first-order chi connectivity index (χ1) is 20.4. The Morgan fingerprint density at radius 1 is 1.07 bits per heavy atom. The molecule has 5 heterocycles. The third kappa shape index (κ3) is 5.62. The summed E-state index contributed by atoms with van der Waals surface area (Å²) in [4.78, 5) is 13.3. The number of methoxy groups -OCH3 is 1. The van der Waals surface area contributed by atoms with Crippen LogP contribution in [0.3, 0.4) is 0 Å². The van der Waals surface area contributed by atoms with Crippen molar-refractivity contribution in [2.45, 2.75) is 19.6 Å². The van der Waals surface area contributed by atoms with Crippen molar-refractivity contribution in [2.24, 2.45) is 5.41 Å². The van der Waals surface area contributed by atoms with Crippen molar-refractivity contribution in [3.8, 4) is 22.8 Å². The molecule has 2 aliphatic heterocycles. The summed E-state index contributed by atoms with van der Waals surface area (Å²) in [5.41, 5.74) is 4.09. The molecule has 1 unspecified atom stereocenters. The van der Waals surface area contributed by atoms with E-state index >= 15 is 0 Å². The second-order valence-electron chi connectivity index (χ2n) is 11.7. The van der Waals surface area contributed by atoms with E-state index in [0.717, 1.165) is 46.6 Å². The van der Waals surface area contributed by atoms with E-state index in [-0.39, 0.29) is 5.41 Å². The van der Waals surface area contributed by atoms with E-state index in [0.29, 0.717) is 46.7 Å². The molecule has 0 saturated carbocycles. The molecule has 4 aromatic rings. The van der Waals surface area contributed by atoms with Gasteiger partial charge in [-0.15, -0.1) is 0 Å². The summed E-state index contributed by atoms with van der Waals surface area (Å²) in [5, 5.41) is 9.44. The van der Waals surface area contributed by atoms with Crippen molar-refractivity contribution < 1.29 is 17.9 Å². The minimum absolute atomic E-state index is 0.00846. The SMILES string of the molecule is COc1cc2[nH]nc(-c3cnc(N4CC5(C4)CN(S(C)(=O)=O)C5)c(CN(C)C)c3)c2cc1OC(C)c1c(Cl)cncc1Cl. The fourth-order valence-electron chi connectivity index (χ4n) is 5.98. The Hall–Kier alpha value is -3.16. The largest absolute Gasteiger partial charge is 0.493 e. The summed E-state index contributed by atoms with van der Waals surface area (Å²) in [6, 6.07) is 5.87. The minimum Gasteiger partial charge on any atom is -0.493 e. The van der Waals surface area contributed by atoms with Gasteiger partial charge in [0.25, 0.3) is 0 Å². The van der Waals surface area contributed by atoms with Gasteiger partial charge in [-0.3, -0.25) is 10.1 Å². The predicted molar refractivity (Wildman–Crippen MR) is 168 cm³/mol. The number of hydrogen-bond donors (Lipinski definition) is 1. The fourth-order valence-corrected chi connectivity index (χ4v) is 7.67. The topological polar surface area (TPSA) is 117 Å². The molecule has 6 rings (SSSR count). The van der Waals surface area contributed by atoms with Gasteiger partial charge in [0.05, 0.1) is 28.9 Å². The third-order valence-electron chi connectivity index (χ3n) is 8.00. The van der Waals surface area contributed by atoms with Gasteiger partial charge in [0.1, 0.15) is 17.6 Å². The van der Waals surface area contributed by atoms with E-state index in [1.54, 1.807) is 7.11 Å². The highest BCUT2D eigenvalue weighted by Crippen LogP contribution is 2.44. The Kier molecular flexibility index (Phi) is 7.70. The Morgan fingerprint density at radius 3 is 2.40 bits per heavy atom.